The van der Waals surface area contributed by atoms with E-state index in [-0.39, 0.29) is 4.90 Å². The van der Waals surface area contributed by atoms with Gasteiger partial charge in [-0.1, -0.05) is 6.92 Å². The Morgan fingerprint density at radius 2 is 2.13 bits per heavy atom. The minimum atomic E-state index is -3.79. The molecule has 1 rings (SSSR count). The molecule has 0 aromatic heterocycles. The highest BCUT2D eigenvalue weighted by Crippen LogP contribution is 2.26. The van der Waals surface area contributed by atoms with Crippen LogP contribution in [0.1, 0.15) is 18.1 Å². The summed E-state index contributed by atoms with van der Waals surface area (Å²) < 4.78 is 23.1. The smallest absolute Gasteiger partial charge is 0.207 e. The summed E-state index contributed by atoms with van der Waals surface area (Å²) in [6.45, 7) is 1.89. The topological polar surface area (TPSA) is 57.9 Å². The fourth-order valence-corrected chi connectivity index (χ4v) is 4.09. The van der Waals surface area contributed by atoms with Crippen LogP contribution in [-0.4, -0.2) is 8.42 Å². The summed E-state index contributed by atoms with van der Waals surface area (Å²) in [5.74, 6) is 0. The quantitative estimate of drug-likeness (QED) is 0.605. The molecule has 1 aromatic carbocycles. The third kappa shape index (κ3) is 2.83. The molecule has 0 aliphatic carbocycles. The van der Waals surface area contributed by atoms with Crippen LogP contribution in [0.2, 0.25) is 0 Å². The second-order valence-corrected chi connectivity index (χ2v) is 6.46. The van der Waals surface area contributed by atoms with Gasteiger partial charge >= 0.3 is 0 Å². The van der Waals surface area contributed by atoms with Crippen molar-refractivity contribution in [3.63, 3.8) is 0 Å². The Morgan fingerprint density at radius 1 is 1.53 bits per heavy atom. The van der Waals surface area contributed by atoms with Crippen molar-refractivity contribution in [3.05, 3.63) is 26.8 Å². The molecule has 0 saturated carbocycles. The van der Waals surface area contributed by atoms with Crippen molar-refractivity contribution < 1.29 is 8.42 Å². The number of benzene rings is 1. The molecule has 0 aliphatic rings. The maximum absolute atomic E-state index is 11.2. The number of rotatable bonds is 2. The van der Waals surface area contributed by atoms with Crippen LogP contribution < -0.4 is 0 Å². The molecule has 15 heavy (non-hydrogen) atoms. The number of hydrogen-bond acceptors (Lipinski definition) is 3. The Morgan fingerprint density at radius 3 is 2.53 bits per heavy atom. The van der Waals surface area contributed by atoms with Gasteiger partial charge in [0.1, 0.15) is 0 Å². The molecular weight excluding hydrogens is 349 g/mol. The molecular formula is C9H7ClINO2S. The molecule has 0 bridgehead atoms. The van der Waals surface area contributed by atoms with E-state index in [9.17, 15) is 8.42 Å². The van der Waals surface area contributed by atoms with Gasteiger partial charge in [0.05, 0.1) is 16.5 Å². The van der Waals surface area contributed by atoms with E-state index in [0.717, 1.165) is 5.56 Å². The molecule has 0 spiro atoms. The zero-order valence-electron chi connectivity index (χ0n) is 7.79. The summed E-state index contributed by atoms with van der Waals surface area (Å²) in [6.07, 6.45) is 0.660. The van der Waals surface area contributed by atoms with Crippen LogP contribution >= 0.6 is 33.3 Å². The van der Waals surface area contributed by atoms with Crippen molar-refractivity contribution in [3.8, 4) is 6.07 Å². The standard InChI is InChI=1S/C9H7ClINO2S/c1-2-7-3-6(5-12)4-8(9(7)11)15(10,13)14/h3-4H,2H2,1H3. The predicted octanol–water partition coefficient (Wildman–Crippen LogP) is 2.65. The van der Waals surface area contributed by atoms with Crippen LogP contribution in [0.25, 0.3) is 0 Å². The molecule has 6 heteroatoms. The first-order chi connectivity index (χ1) is 6.90. The average Bonchev–Trinajstić information content (AvgIpc) is 2.16. The van der Waals surface area contributed by atoms with Gasteiger partial charge in [-0.2, -0.15) is 5.26 Å². The molecule has 1 aromatic rings. The lowest BCUT2D eigenvalue weighted by molar-refractivity contribution is 0.609. The van der Waals surface area contributed by atoms with Crippen molar-refractivity contribution in [2.24, 2.45) is 0 Å². The number of aryl methyl sites for hydroxylation is 1. The Bertz CT molecular complexity index is 534. The molecule has 0 radical (unpaired) electrons. The van der Waals surface area contributed by atoms with Crippen molar-refractivity contribution in [2.75, 3.05) is 0 Å². The molecule has 0 aliphatic heterocycles. The van der Waals surface area contributed by atoms with Crippen molar-refractivity contribution in [1.82, 2.24) is 0 Å². The monoisotopic (exact) mass is 355 g/mol. The highest BCUT2D eigenvalue weighted by atomic mass is 127. The fourth-order valence-electron chi connectivity index (χ4n) is 1.15. The van der Waals surface area contributed by atoms with Crippen LogP contribution in [0, 0.1) is 14.9 Å². The van der Waals surface area contributed by atoms with E-state index in [1.165, 1.54) is 6.07 Å². The summed E-state index contributed by atoms with van der Waals surface area (Å²) in [4.78, 5) is 0.0145. The van der Waals surface area contributed by atoms with E-state index in [4.69, 9.17) is 15.9 Å². The van der Waals surface area contributed by atoms with Gasteiger partial charge in [0.25, 0.3) is 9.05 Å². The van der Waals surface area contributed by atoms with Gasteiger partial charge in [0.15, 0.2) is 0 Å². The van der Waals surface area contributed by atoms with Crippen LogP contribution in [-0.2, 0) is 15.5 Å². The van der Waals surface area contributed by atoms with E-state index in [0.29, 0.717) is 15.6 Å². The highest BCUT2D eigenvalue weighted by molar-refractivity contribution is 14.1. The maximum atomic E-state index is 11.2. The van der Waals surface area contributed by atoms with E-state index in [1.807, 2.05) is 35.6 Å². The second kappa shape index (κ2) is 4.68. The number of hydrogen-bond donors (Lipinski definition) is 0. The van der Waals surface area contributed by atoms with Gasteiger partial charge in [-0.05, 0) is 46.7 Å². The van der Waals surface area contributed by atoms with E-state index in [1.54, 1.807) is 6.07 Å². The third-order valence-electron chi connectivity index (χ3n) is 1.89. The molecule has 0 N–H and O–H groups in total. The summed E-state index contributed by atoms with van der Waals surface area (Å²) in [7, 11) is 1.49. The first kappa shape index (κ1) is 12.7. The highest BCUT2D eigenvalue weighted by Gasteiger charge is 2.17. The molecule has 0 fully saturated rings. The molecule has 0 amide bonds. The van der Waals surface area contributed by atoms with Crippen LogP contribution in [0.3, 0.4) is 0 Å². The molecule has 0 unspecified atom stereocenters. The second-order valence-electron chi connectivity index (χ2n) is 2.85. The Hall–Kier alpha value is -0.320. The van der Waals surface area contributed by atoms with Crippen molar-refractivity contribution >= 4 is 42.3 Å². The van der Waals surface area contributed by atoms with Crippen molar-refractivity contribution in [1.29, 1.82) is 5.26 Å². The molecule has 0 heterocycles. The minimum absolute atomic E-state index is 0.0145. The first-order valence-electron chi connectivity index (χ1n) is 4.07. The van der Waals surface area contributed by atoms with Gasteiger partial charge in [-0.15, -0.1) is 0 Å². The summed E-state index contributed by atoms with van der Waals surface area (Å²) in [5, 5.41) is 8.75. The minimum Gasteiger partial charge on any atom is -0.207 e. The van der Waals surface area contributed by atoms with Gasteiger partial charge < -0.3 is 0 Å². The lowest BCUT2D eigenvalue weighted by atomic mass is 10.1. The van der Waals surface area contributed by atoms with Gasteiger partial charge in [0, 0.05) is 14.3 Å². The molecule has 80 valence electrons. The SMILES string of the molecule is CCc1cc(C#N)cc(S(=O)(=O)Cl)c1I. The molecule has 3 nitrogen and oxygen atoms in total. The largest absolute Gasteiger partial charge is 0.262 e. The number of nitriles is 1. The van der Waals surface area contributed by atoms with E-state index in [2.05, 4.69) is 0 Å². The Balaban J connectivity index is 3.60. The summed E-state index contributed by atoms with van der Waals surface area (Å²) >= 11 is 1.93. The van der Waals surface area contributed by atoms with Crippen LogP contribution in [0.5, 0.6) is 0 Å². The van der Waals surface area contributed by atoms with Crippen molar-refractivity contribution in [2.45, 2.75) is 18.2 Å². The van der Waals surface area contributed by atoms with Gasteiger partial charge in [0.2, 0.25) is 0 Å². The summed E-state index contributed by atoms with van der Waals surface area (Å²) in [5.41, 5.74) is 1.13. The Labute approximate surface area is 107 Å². The van der Waals surface area contributed by atoms with Gasteiger partial charge in [-0.3, -0.25) is 0 Å². The maximum Gasteiger partial charge on any atom is 0.262 e. The lowest BCUT2D eigenvalue weighted by Crippen LogP contribution is -2.00. The fraction of sp³-hybridized carbons (Fsp3) is 0.222. The average molecular weight is 356 g/mol. The third-order valence-corrected chi connectivity index (χ3v) is 4.87. The number of nitrogens with zero attached hydrogens (tertiary/aromatic N) is 1. The number of halogens is 2. The van der Waals surface area contributed by atoms with E-state index < -0.39 is 9.05 Å². The van der Waals surface area contributed by atoms with E-state index >= 15 is 0 Å². The predicted molar refractivity (Wildman–Crippen MR) is 66.3 cm³/mol. The molecule has 0 atom stereocenters. The zero-order valence-corrected chi connectivity index (χ0v) is 11.5. The van der Waals surface area contributed by atoms with Crippen LogP contribution in [0.15, 0.2) is 17.0 Å². The summed E-state index contributed by atoms with van der Waals surface area (Å²) in [6, 6.07) is 4.88. The van der Waals surface area contributed by atoms with Crippen LogP contribution in [0.4, 0.5) is 0 Å². The lowest BCUT2D eigenvalue weighted by Gasteiger charge is -2.06. The molecule has 0 saturated heterocycles. The zero-order chi connectivity index (χ0) is 11.6. The first-order valence-corrected chi connectivity index (χ1v) is 7.46. The Kier molecular flexibility index (Phi) is 3.98. The van der Waals surface area contributed by atoms with Gasteiger partial charge in [-0.25, -0.2) is 8.42 Å². The normalized spacial score (nSPS) is 11.1.